The molecular weight excluding hydrogens is 336 g/mol. The molecule has 2 aliphatic heterocycles. The Morgan fingerprint density at radius 1 is 1.08 bits per heavy atom. The molecule has 2 fully saturated rings. The van der Waals surface area contributed by atoms with E-state index in [-0.39, 0.29) is 17.7 Å². The monoisotopic (exact) mass is 364 g/mol. The van der Waals surface area contributed by atoms with Crippen LogP contribution in [0.15, 0.2) is 0 Å². The average Bonchev–Trinajstić information content (AvgIpc) is 3.02. The molecule has 0 bridgehead atoms. The lowest BCUT2D eigenvalue weighted by atomic mass is 9.94. The van der Waals surface area contributed by atoms with Gasteiger partial charge in [0, 0.05) is 45.2 Å². The van der Waals surface area contributed by atoms with E-state index in [1.807, 2.05) is 16.7 Å². The third-order valence-corrected chi connectivity index (χ3v) is 6.57. The van der Waals surface area contributed by atoms with Gasteiger partial charge in [-0.1, -0.05) is 6.92 Å². The van der Waals surface area contributed by atoms with E-state index in [0.29, 0.717) is 13.1 Å². The van der Waals surface area contributed by atoms with Crippen LogP contribution in [0.25, 0.3) is 0 Å². The maximum Gasteiger partial charge on any atom is 0.265 e. The molecule has 0 N–H and O–H groups in total. The summed E-state index contributed by atoms with van der Waals surface area (Å²) in [5.74, 6) is 0.434. The first kappa shape index (κ1) is 18.3. The van der Waals surface area contributed by atoms with E-state index in [1.54, 1.807) is 0 Å². The van der Waals surface area contributed by atoms with Gasteiger partial charge in [0.15, 0.2) is 0 Å². The molecule has 2 amide bonds. The molecule has 138 valence electrons. The van der Waals surface area contributed by atoms with Crippen molar-refractivity contribution < 1.29 is 9.59 Å². The second-order valence-electron chi connectivity index (χ2n) is 7.07. The molecule has 0 spiro atoms. The third-order valence-electron chi connectivity index (χ3n) is 5.28. The topological polar surface area (TPSA) is 56.8 Å². The molecule has 6 nitrogen and oxygen atoms in total. The van der Waals surface area contributed by atoms with Crippen LogP contribution in [0.4, 0.5) is 0 Å². The highest BCUT2D eigenvalue weighted by molar-refractivity contribution is 7.13. The molecule has 7 heteroatoms. The summed E-state index contributed by atoms with van der Waals surface area (Å²) in [6.07, 6.45) is 2.41. The highest BCUT2D eigenvalue weighted by Gasteiger charge is 2.32. The van der Waals surface area contributed by atoms with Crippen LogP contribution in [-0.2, 0) is 11.2 Å². The van der Waals surface area contributed by atoms with Gasteiger partial charge in [0.2, 0.25) is 5.91 Å². The van der Waals surface area contributed by atoms with E-state index in [0.717, 1.165) is 61.0 Å². The number of hydrogen-bond donors (Lipinski definition) is 0. The van der Waals surface area contributed by atoms with E-state index in [4.69, 9.17) is 0 Å². The number of thiazole rings is 1. The predicted octanol–water partition coefficient (Wildman–Crippen LogP) is 1.64. The summed E-state index contributed by atoms with van der Waals surface area (Å²) in [5, 5.41) is 1.01. The van der Waals surface area contributed by atoms with Gasteiger partial charge in [-0.3, -0.25) is 9.59 Å². The number of carbonyl (C=O) groups is 2. The maximum atomic E-state index is 12.8. The van der Waals surface area contributed by atoms with E-state index in [1.165, 1.54) is 11.3 Å². The molecule has 0 unspecified atom stereocenters. The van der Waals surface area contributed by atoms with Crippen LogP contribution >= 0.6 is 11.3 Å². The summed E-state index contributed by atoms with van der Waals surface area (Å²) in [5.41, 5.74) is 0.836. The second kappa shape index (κ2) is 7.83. The smallest absolute Gasteiger partial charge is 0.265 e. The number of nitrogens with zero attached hydrogens (tertiary/aromatic N) is 4. The molecule has 0 aliphatic carbocycles. The minimum absolute atomic E-state index is 0.0706. The summed E-state index contributed by atoms with van der Waals surface area (Å²) >= 11 is 1.51. The van der Waals surface area contributed by atoms with Gasteiger partial charge in [-0.05, 0) is 33.2 Å². The largest absolute Gasteiger partial charge is 0.340 e. The third kappa shape index (κ3) is 4.03. The fraction of sp³-hybridized carbons (Fsp3) is 0.722. The van der Waals surface area contributed by atoms with Crippen molar-refractivity contribution in [2.24, 2.45) is 5.92 Å². The van der Waals surface area contributed by atoms with Gasteiger partial charge in [-0.15, -0.1) is 11.3 Å². The summed E-state index contributed by atoms with van der Waals surface area (Å²) in [4.78, 5) is 36.8. The lowest BCUT2D eigenvalue weighted by Crippen LogP contribution is -2.51. The highest BCUT2D eigenvalue weighted by atomic mass is 32.1. The molecule has 1 aromatic heterocycles. The molecule has 25 heavy (non-hydrogen) atoms. The van der Waals surface area contributed by atoms with Crippen molar-refractivity contribution in [2.45, 2.75) is 33.1 Å². The Morgan fingerprint density at radius 3 is 2.28 bits per heavy atom. The number of aryl methyl sites for hydroxylation is 2. The lowest BCUT2D eigenvalue weighted by molar-refractivity contribution is -0.138. The predicted molar refractivity (Wildman–Crippen MR) is 98.9 cm³/mol. The lowest BCUT2D eigenvalue weighted by Gasteiger charge is -2.37. The Hall–Kier alpha value is -1.47. The molecule has 0 saturated carbocycles. The van der Waals surface area contributed by atoms with Crippen LogP contribution in [0.2, 0.25) is 0 Å². The fourth-order valence-corrected chi connectivity index (χ4v) is 4.53. The number of rotatable bonds is 3. The van der Waals surface area contributed by atoms with Crippen molar-refractivity contribution in [1.82, 2.24) is 19.7 Å². The van der Waals surface area contributed by atoms with E-state index < -0.39 is 0 Å². The van der Waals surface area contributed by atoms with Gasteiger partial charge in [0.25, 0.3) is 5.91 Å². The van der Waals surface area contributed by atoms with Crippen molar-refractivity contribution in [2.75, 3.05) is 46.3 Å². The van der Waals surface area contributed by atoms with Crippen LogP contribution < -0.4 is 0 Å². The number of piperidine rings is 1. The van der Waals surface area contributed by atoms with E-state index in [2.05, 4.69) is 23.9 Å². The maximum absolute atomic E-state index is 12.8. The first-order valence-electron chi connectivity index (χ1n) is 9.22. The van der Waals surface area contributed by atoms with Crippen LogP contribution in [0.5, 0.6) is 0 Å². The van der Waals surface area contributed by atoms with Gasteiger partial charge in [0.1, 0.15) is 4.88 Å². The van der Waals surface area contributed by atoms with Crippen molar-refractivity contribution in [3.8, 4) is 0 Å². The Morgan fingerprint density at radius 2 is 1.72 bits per heavy atom. The first-order valence-corrected chi connectivity index (χ1v) is 10.0. The van der Waals surface area contributed by atoms with Gasteiger partial charge in [0.05, 0.1) is 10.7 Å². The summed E-state index contributed by atoms with van der Waals surface area (Å²) in [7, 11) is 2.09. The van der Waals surface area contributed by atoms with Crippen LogP contribution in [0, 0.1) is 12.8 Å². The summed E-state index contributed by atoms with van der Waals surface area (Å²) in [6.45, 7) is 8.86. The van der Waals surface area contributed by atoms with E-state index >= 15 is 0 Å². The van der Waals surface area contributed by atoms with Gasteiger partial charge in [-0.2, -0.15) is 0 Å². The Kier molecular flexibility index (Phi) is 5.74. The zero-order valence-electron chi connectivity index (χ0n) is 15.5. The average molecular weight is 365 g/mol. The minimum Gasteiger partial charge on any atom is -0.340 e. The van der Waals surface area contributed by atoms with Crippen molar-refractivity contribution in [3.05, 3.63) is 15.6 Å². The number of likely N-dealkylation sites (N-methyl/N-ethyl adjacent to an activating group) is 1. The summed E-state index contributed by atoms with van der Waals surface area (Å²) < 4.78 is 0. The van der Waals surface area contributed by atoms with Crippen LogP contribution in [0.3, 0.4) is 0 Å². The molecule has 1 aromatic rings. The van der Waals surface area contributed by atoms with Gasteiger partial charge >= 0.3 is 0 Å². The molecule has 2 aliphatic rings. The quantitative estimate of drug-likeness (QED) is 0.818. The molecule has 0 aromatic carbocycles. The van der Waals surface area contributed by atoms with Crippen molar-refractivity contribution in [1.29, 1.82) is 0 Å². The van der Waals surface area contributed by atoms with Gasteiger partial charge < -0.3 is 14.7 Å². The molecule has 0 radical (unpaired) electrons. The Labute approximate surface area is 153 Å². The Bertz CT molecular complexity index is 629. The number of hydrogen-bond acceptors (Lipinski definition) is 5. The second-order valence-corrected chi connectivity index (χ2v) is 8.15. The standard InChI is InChI=1S/C18H28N4O2S/c1-4-15-19-13(2)16(25-15)18(24)21-7-5-14(6-8-21)17(23)22-11-9-20(3)10-12-22/h14H,4-12H2,1-3H3. The van der Waals surface area contributed by atoms with Gasteiger partial charge in [-0.25, -0.2) is 4.98 Å². The number of amides is 2. The van der Waals surface area contributed by atoms with Crippen molar-refractivity contribution in [3.63, 3.8) is 0 Å². The molecule has 3 heterocycles. The number of likely N-dealkylation sites (tertiary alicyclic amines) is 1. The van der Waals surface area contributed by atoms with E-state index in [9.17, 15) is 9.59 Å². The SMILES string of the molecule is CCc1nc(C)c(C(=O)N2CCC(C(=O)N3CCN(C)CC3)CC2)s1. The summed E-state index contributed by atoms with van der Waals surface area (Å²) in [6, 6.07) is 0. The zero-order chi connectivity index (χ0) is 18.0. The van der Waals surface area contributed by atoms with Crippen molar-refractivity contribution >= 4 is 23.2 Å². The normalized spacial score (nSPS) is 20.1. The molecule has 3 rings (SSSR count). The van der Waals surface area contributed by atoms with Crippen LogP contribution in [0.1, 0.15) is 40.1 Å². The highest BCUT2D eigenvalue weighted by Crippen LogP contribution is 2.25. The molecular formula is C18H28N4O2S. The first-order chi connectivity index (χ1) is 12.0. The Balaban J connectivity index is 1.55. The fourth-order valence-electron chi connectivity index (χ4n) is 3.56. The molecule has 2 saturated heterocycles. The number of aromatic nitrogens is 1. The molecule has 0 atom stereocenters. The zero-order valence-corrected chi connectivity index (χ0v) is 16.3. The minimum atomic E-state index is 0.0706. The number of piperazine rings is 1. The van der Waals surface area contributed by atoms with Crippen LogP contribution in [-0.4, -0.2) is 77.8 Å². The number of carbonyl (C=O) groups excluding carboxylic acids is 2.